The van der Waals surface area contributed by atoms with Crippen molar-refractivity contribution in [2.75, 3.05) is 6.61 Å². The molecule has 0 saturated carbocycles. The number of hydrogen-bond acceptors (Lipinski definition) is 2. The summed E-state index contributed by atoms with van der Waals surface area (Å²) in [5, 5.41) is 8.55. The third-order valence-electron chi connectivity index (χ3n) is 1.31. The smallest absolute Gasteiger partial charge is 0.0587 e. The summed E-state index contributed by atoms with van der Waals surface area (Å²) in [6, 6.07) is -0.0949. The predicted octanol–water partition coefficient (Wildman–Crippen LogP) is 1.38. The van der Waals surface area contributed by atoms with Crippen molar-refractivity contribution in [1.29, 1.82) is 0 Å². The minimum atomic E-state index is -0.0949. The highest BCUT2D eigenvalue weighted by Crippen LogP contribution is 2.15. The van der Waals surface area contributed by atoms with Gasteiger partial charge in [0.05, 0.1) is 6.61 Å². The molecule has 0 heterocycles. The first-order chi connectivity index (χ1) is 4.48. The van der Waals surface area contributed by atoms with Gasteiger partial charge in [-0.2, -0.15) is 0 Å². The molecule has 2 nitrogen and oxygen atoms in total. The number of aliphatic hydroxyl groups excluding tert-OH is 1. The van der Waals surface area contributed by atoms with Crippen molar-refractivity contribution in [3.8, 4) is 0 Å². The molecule has 64 valence electrons. The van der Waals surface area contributed by atoms with E-state index in [-0.39, 0.29) is 18.1 Å². The highest BCUT2D eigenvalue weighted by atomic mass is 16.3. The second-order valence-corrected chi connectivity index (χ2v) is 3.16. The van der Waals surface area contributed by atoms with Crippen LogP contribution < -0.4 is 5.73 Å². The van der Waals surface area contributed by atoms with E-state index in [0.29, 0.717) is 0 Å². The fourth-order valence-electron chi connectivity index (χ4n) is 0.274. The maximum Gasteiger partial charge on any atom is 0.0587 e. The summed E-state index contributed by atoms with van der Waals surface area (Å²) in [6.07, 6.45) is 0. The van der Waals surface area contributed by atoms with Crippen LogP contribution in [0.2, 0.25) is 0 Å². The Morgan fingerprint density at radius 3 is 1.60 bits per heavy atom. The molecule has 0 aliphatic rings. The lowest BCUT2D eigenvalue weighted by Crippen LogP contribution is -2.37. The van der Waals surface area contributed by atoms with Crippen molar-refractivity contribution in [1.82, 2.24) is 0 Å². The van der Waals surface area contributed by atoms with E-state index in [1.54, 1.807) is 0 Å². The van der Waals surface area contributed by atoms with Crippen LogP contribution in [0.3, 0.4) is 0 Å². The minimum absolute atomic E-state index is 0.0365. The molecule has 10 heavy (non-hydrogen) atoms. The molecule has 0 fully saturated rings. The molecule has 0 aromatic carbocycles. The molecule has 3 N–H and O–H groups in total. The van der Waals surface area contributed by atoms with E-state index in [9.17, 15) is 0 Å². The molecule has 0 aromatic heterocycles. The molecular weight excluding hydrogens is 126 g/mol. The maximum atomic E-state index is 8.55. The number of nitrogens with two attached hydrogens (primary N) is 1. The normalized spacial score (nSPS) is 13.5. The Balaban J connectivity index is 0. The van der Waals surface area contributed by atoms with E-state index in [1.807, 2.05) is 34.6 Å². The zero-order chi connectivity index (χ0) is 8.78. The summed E-state index contributed by atoms with van der Waals surface area (Å²) in [7, 11) is 0. The SMILES string of the molecule is CC.CC(C)(C)C(N)CO. The first kappa shape index (κ1) is 12.6. The van der Waals surface area contributed by atoms with Crippen molar-refractivity contribution >= 4 is 0 Å². The number of hydrogen-bond donors (Lipinski definition) is 2. The molecule has 0 aromatic rings. The lowest BCUT2D eigenvalue weighted by atomic mass is 9.88. The Morgan fingerprint density at radius 2 is 1.60 bits per heavy atom. The zero-order valence-corrected chi connectivity index (χ0v) is 7.81. The van der Waals surface area contributed by atoms with Gasteiger partial charge in [-0.1, -0.05) is 34.6 Å². The molecule has 0 aliphatic carbocycles. The summed E-state index contributed by atoms with van der Waals surface area (Å²) >= 11 is 0. The lowest BCUT2D eigenvalue weighted by Gasteiger charge is -2.24. The van der Waals surface area contributed by atoms with Gasteiger partial charge in [-0.25, -0.2) is 0 Å². The molecule has 2 heteroatoms. The van der Waals surface area contributed by atoms with Crippen LogP contribution in [-0.4, -0.2) is 17.8 Å². The van der Waals surface area contributed by atoms with Gasteiger partial charge >= 0.3 is 0 Å². The summed E-state index contributed by atoms with van der Waals surface area (Å²) in [5.41, 5.74) is 5.54. The Bertz CT molecular complexity index is 66.1. The lowest BCUT2D eigenvalue weighted by molar-refractivity contribution is 0.189. The Morgan fingerprint density at radius 1 is 1.30 bits per heavy atom. The highest BCUT2D eigenvalue weighted by Gasteiger charge is 2.18. The van der Waals surface area contributed by atoms with Gasteiger partial charge in [0.25, 0.3) is 0 Å². The average molecular weight is 147 g/mol. The van der Waals surface area contributed by atoms with Gasteiger partial charge in [0.2, 0.25) is 0 Å². The first-order valence-electron chi connectivity index (χ1n) is 3.85. The average Bonchev–Trinajstić information content (AvgIpc) is 1.89. The van der Waals surface area contributed by atoms with Crippen LogP contribution in [0.1, 0.15) is 34.6 Å². The highest BCUT2D eigenvalue weighted by molar-refractivity contribution is 4.75. The van der Waals surface area contributed by atoms with Crippen molar-refractivity contribution in [3.05, 3.63) is 0 Å². The summed E-state index contributed by atoms with van der Waals surface area (Å²) in [6.45, 7) is 10.1. The molecule has 0 radical (unpaired) electrons. The monoisotopic (exact) mass is 147 g/mol. The van der Waals surface area contributed by atoms with Crippen LogP contribution in [0.4, 0.5) is 0 Å². The molecule has 0 rings (SSSR count). The van der Waals surface area contributed by atoms with E-state index in [2.05, 4.69) is 0 Å². The Labute approximate surface area is 64.4 Å². The predicted molar refractivity (Wildman–Crippen MR) is 45.9 cm³/mol. The number of rotatable bonds is 1. The summed E-state index contributed by atoms with van der Waals surface area (Å²) in [4.78, 5) is 0. The quantitative estimate of drug-likeness (QED) is 0.588. The van der Waals surface area contributed by atoms with Gasteiger partial charge in [0.1, 0.15) is 0 Å². The second kappa shape index (κ2) is 5.69. The van der Waals surface area contributed by atoms with Gasteiger partial charge in [-0.15, -0.1) is 0 Å². The largest absolute Gasteiger partial charge is 0.395 e. The van der Waals surface area contributed by atoms with Crippen LogP contribution in [-0.2, 0) is 0 Å². The standard InChI is InChI=1S/C6H15NO.C2H6/c1-6(2,3)5(7)4-8;1-2/h5,8H,4,7H2,1-3H3;1-2H3. The van der Waals surface area contributed by atoms with Crippen LogP contribution in [0.15, 0.2) is 0 Å². The third kappa shape index (κ3) is 6.05. The Kier molecular flexibility index (Phi) is 7.15. The van der Waals surface area contributed by atoms with Gasteiger partial charge < -0.3 is 10.8 Å². The molecule has 0 bridgehead atoms. The molecule has 0 saturated heterocycles. The molecule has 0 amide bonds. The molecule has 1 atom stereocenters. The van der Waals surface area contributed by atoms with Crippen molar-refractivity contribution in [2.24, 2.45) is 11.1 Å². The van der Waals surface area contributed by atoms with Crippen LogP contribution in [0.5, 0.6) is 0 Å². The van der Waals surface area contributed by atoms with Crippen LogP contribution in [0, 0.1) is 5.41 Å². The van der Waals surface area contributed by atoms with E-state index >= 15 is 0 Å². The van der Waals surface area contributed by atoms with Crippen LogP contribution >= 0.6 is 0 Å². The van der Waals surface area contributed by atoms with E-state index < -0.39 is 0 Å². The van der Waals surface area contributed by atoms with Gasteiger partial charge in [0.15, 0.2) is 0 Å². The Hall–Kier alpha value is -0.0800. The zero-order valence-electron chi connectivity index (χ0n) is 7.81. The second-order valence-electron chi connectivity index (χ2n) is 3.16. The summed E-state index contributed by atoms with van der Waals surface area (Å²) < 4.78 is 0. The molecule has 0 spiro atoms. The van der Waals surface area contributed by atoms with E-state index in [0.717, 1.165) is 0 Å². The van der Waals surface area contributed by atoms with Gasteiger partial charge in [-0.05, 0) is 5.41 Å². The third-order valence-corrected chi connectivity index (χ3v) is 1.31. The molecular formula is C8H21NO. The van der Waals surface area contributed by atoms with E-state index in [4.69, 9.17) is 10.8 Å². The summed E-state index contributed by atoms with van der Waals surface area (Å²) in [5.74, 6) is 0. The van der Waals surface area contributed by atoms with E-state index in [1.165, 1.54) is 0 Å². The van der Waals surface area contributed by atoms with Crippen molar-refractivity contribution in [2.45, 2.75) is 40.7 Å². The maximum absolute atomic E-state index is 8.55. The molecule has 0 aliphatic heterocycles. The molecule has 1 unspecified atom stereocenters. The topological polar surface area (TPSA) is 46.2 Å². The fourth-order valence-corrected chi connectivity index (χ4v) is 0.274. The fraction of sp³-hybridized carbons (Fsp3) is 1.00. The van der Waals surface area contributed by atoms with Crippen molar-refractivity contribution in [3.63, 3.8) is 0 Å². The van der Waals surface area contributed by atoms with Crippen LogP contribution in [0.25, 0.3) is 0 Å². The number of aliphatic hydroxyl groups is 1. The minimum Gasteiger partial charge on any atom is -0.395 e. The van der Waals surface area contributed by atoms with Gasteiger partial charge in [-0.3, -0.25) is 0 Å². The first-order valence-corrected chi connectivity index (χ1v) is 3.85. The van der Waals surface area contributed by atoms with Crippen molar-refractivity contribution < 1.29 is 5.11 Å². The van der Waals surface area contributed by atoms with Gasteiger partial charge in [0, 0.05) is 6.04 Å².